The smallest absolute Gasteiger partial charge is 0.306 e. The van der Waals surface area contributed by atoms with Gasteiger partial charge in [-0.05, 0) is 37.5 Å². The summed E-state index contributed by atoms with van der Waals surface area (Å²) in [5.74, 6) is -1.08. The lowest BCUT2D eigenvalue weighted by molar-refractivity contribution is -0.141. The first kappa shape index (κ1) is 12.7. The third-order valence-corrected chi connectivity index (χ3v) is 3.45. The minimum Gasteiger partial charge on any atom is -0.481 e. The number of carbonyl (C=O) groups is 1. The van der Waals surface area contributed by atoms with E-state index in [0.29, 0.717) is 6.42 Å². The van der Waals surface area contributed by atoms with Crippen molar-refractivity contribution in [1.29, 1.82) is 0 Å². The molecule has 0 aliphatic rings. The van der Waals surface area contributed by atoms with Crippen LogP contribution in [-0.2, 0) is 17.8 Å². The maximum atomic E-state index is 10.9. The van der Waals surface area contributed by atoms with E-state index in [9.17, 15) is 4.79 Å². The molecule has 96 valence electrons. The molecule has 0 bridgehead atoms. The molecule has 2 rings (SSSR count). The molecule has 0 aliphatic carbocycles. The number of rotatable bonds is 4. The first-order valence-electron chi connectivity index (χ1n) is 6.34. The Hall–Kier alpha value is -1.77. The van der Waals surface area contributed by atoms with Gasteiger partial charge in [0.25, 0.3) is 0 Å². The predicted octanol–water partition coefficient (Wildman–Crippen LogP) is 3.23. The molecule has 0 spiro atoms. The maximum Gasteiger partial charge on any atom is 0.306 e. The number of carboxylic acids is 1. The van der Waals surface area contributed by atoms with Gasteiger partial charge in [-0.2, -0.15) is 0 Å². The lowest BCUT2D eigenvalue weighted by Gasteiger charge is -2.07. The quantitative estimate of drug-likeness (QED) is 0.898. The first-order valence-corrected chi connectivity index (χ1v) is 6.34. The summed E-state index contributed by atoms with van der Waals surface area (Å²) in [4.78, 5) is 10.9. The first-order chi connectivity index (χ1) is 8.52. The van der Waals surface area contributed by atoms with Gasteiger partial charge in [0, 0.05) is 23.6 Å². The van der Waals surface area contributed by atoms with Crippen molar-refractivity contribution in [2.45, 2.75) is 33.7 Å². The molecule has 1 heterocycles. The highest BCUT2D eigenvalue weighted by molar-refractivity contribution is 5.84. The average molecular weight is 245 g/mol. The van der Waals surface area contributed by atoms with Gasteiger partial charge >= 0.3 is 5.97 Å². The molecule has 2 aromatic rings. The van der Waals surface area contributed by atoms with Gasteiger partial charge in [-0.3, -0.25) is 4.79 Å². The number of benzene rings is 1. The fourth-order valence-corrected chi connectivity index (χ4v) is 2.35. The van der Waals surface area contributed by atoms with Crippen molar-refractivity contribution in [3.8, 4) is 0 Å². The molecule has 0 saturated carbocycles. The average Bonchev–Trinajstić information content (AvgIpc) is 2.65. The van der Waals surface area contributed by atoms with Gasteiger partial charge in [-0.1, -0.05) is 19.1 Å². The van der Waals surface area contributed by atoms with E-state index in [1.807, 2.05) is 6.07 Å². The van der Waals surface area contributed by atoms with Gasteiger partial charge in [0.1, 0.15) is 0 Å². The molecule has 0 aliphatic heterocycles. The van der Waals surface area contributed by atoms with E-state index in [1.165, 1.54) is 16.5 Å². The van der Waals surface area contributed by atoms with E-state index in [4.69, 9.17) is 5.11 Å². The Morgan fingerprint density at radius 3 is 2.78 bits per heavy atom. The van der Waals surface area contributed by atoms with Gasteiger partial charge in [0.15, 0.2) is 0 Å². The van der Waals surface area contributed by atoms with Crippen molar-refractivity contribution < 1.29 is 9.90 Å². The molecule has 18 heavy (non-hydrogen) atoms. The number of nitrogens with zero attached hydrogens (tertiary/aromatic N) is 1. The standard InChI is InChI=1S/C15H19NO2/c1-4-16-9-11(3)13-6-5-12(8-14(13)16)7-10(2)15(17)18/h5-6,8-10H,4,7H2,1-3H3,(H,17,18). The Labute approximate surface area is 107 Å². The number of fused-ring (bicyclic) bond motifs is 1. The summed E-state index contributed by atoms with van der Waals surface area (Å²) < 4.78 is 2.21. The zero-order chi connectivity index (χ0) is 13.3. The number of aliphatic carboxylic acids is 1. The lowest BCUT2D eigenvalue weighted by atomic mass is 10.00. The van der Waals surface area contributed by atoms with Gasteiger partial charge in [-0.25, -0.2) is 0 Å². The van der Waals surface area contributed by atoms with Crippen LogP contribution in [-0.4, -0.2) is 15.6 Å². The van der Waals surface area contributed by atoms with Crippen LogP contribution in [0.2, 0.25) is 0 Å². The highest BCUT2D eigenvalue weighted by atomic mass is 16.4. The molecule has 0 fully saturated rings. The van der Waals surface area contributed by atoms with E-state index in [2.05, 4.69) is 36.7 Å². The van der Waals surface area contributed by atoms with Crippen LogP contribution in [0.5, 0.6) is 0 Å². The fourth-order valence-electron chi connectivity index (χ4n) is 2.35. The number of hydrogen-bond acceptors (Lipinski definition) is 1. The number of aromatic nitrogens is 1. The molecule has 3 nitrogen and oxygen atoms in total. The SMILES string of the molecule is CCn1cc(C)c2ccc(CC(C)C(=O)O)cc21. The topological polar surface area (TPSA) is 42.2 Å². The summed E-state index contributed by atoms with van der Waals surface area (Å²) in [5, 5.41) is 10.2. The monoisotopic (exact) mass is 245 g/mol. The van der Waals surface area contributed by atoms with Gasteiger partial charge in [0.2, 0.25) is 0 Å². The van der Waals surface area contributed by atoms with Gasteiger partial charge < -0.3 is 9.67 Å². The van der Waals surface area contributed by atoms with Crippen molar-refractivity contribution >= 4 is 16.9 Å². The molecule has 3 heteroatoms. The third-order valence-electron chi connectivity index (χ3n) is 3.45. The third kappa shape index (κ3) is 2.26. The molecule has 1 aromatic heterocycles. The van der Waals surface area contributed by atoms with E-state index in [-0.39, 0.29) is 5.92 Å². The maximum absolute atomic E-state index is 10.9. The normalized spacial score (nSPS) is 12.8. The zero-order valence-electron chi connectivity index (χ0n) is 11.1. The van der Waals surface area contributed by atoms with Crippen LogP contribution < -0.4 is 0 Å². The Morgan fingerprint density at radius 2 is 2.17 bits per heavy atom. The second-order valence-corrected chi connectivity index (χ2v) is 4.89. The van der Waals surface area contributed by atoms with Gasteiger partial charge in [-0.15, -0.1) is 0 Å². The summed E-state index contributed by atoms with van der Waals surface area (Å²) in [6, 6.07) is 6.25. The molecule has 0 radical (unpaired) electrons. The van der Waals surface area contributed by atoms with Crippen molar-refractivity contribution in [3.05, 3.63) is 35.5 Å². The lowest BCUT2D eigenvalue weighted by Crippen LogP contribution is -2.12. The largest absolute Gasteiger partial charge is 0.481 e. The minimum atomic E-state index is -0.739. The summed E-state index contributed by atoms with van der Waals surface area (Å²) in [5.41, 5.74) is 3.56. The van der Waals surface area contributed by atoms with Crippen LogP contribution in [0.3, 0.4) is 0 Å². The highest BCUT2D eigenvalue weighted by Crippen LogP contribution is 2.23. The number of aryl methyl sites for hydroxylation is 2. The summed E-state index contributed by atoms with van der Waals surface area (Å²) in [6.07, 6.45) is 2.73. The van der Waals surface area contributed by atoms with Gasteiger partial charge in [0.05, 0.1) is 5.92 Å². The summed E-state index contributed by atoms with van der Waals surface area (Å²) in [7, 11) is 0. The van der Waals surface area contributed by atoms with Crippen molar-refractivity contribution in [2.75, 3.05) is 0 Å². The van der Waals surface area contributed by atoms with Crippen LogP contribution in [0, 0.1) is 12.8 Å². The van der Waals surface area contributed by atoms with Crippen LogP contribution in [0.25, 0.3) is 10.9 Å². The number of carboxylic acid groups (broad SMARTS) is 1. The molecule has 1 aromatic carbocycles. The molecule has 0 amide bonds. The van der Waals surface area contributed by atoms with Crippen LogP contribution >= 0.6 is 0 Å². The van der Waals surface area contributed by atoms with E-state index in [1.54, 1.807) is 6.92 Å². The second kappa shape index (κ2) is 4.84. The van der Waals surface area contributed by atoms with E-state index < -0.39 is 5.97 Å². The zero-order valence-corrected chi connectivity index (χ0v) is 11.1. The molecule has 1 unspecified atom stereocenters. The van der Waals surface area contributed by atoms with Crippen LogP contribution in [0.4, 0.5) is 0 Å². The summed E-state index contributed by atoms with van der Waals surface area (Å²) in [6.45, 7) is 6.90. The Morgan fingerprint density at radius 1 is 1.44 bits per heavy atom. The molecule has 1 atom stereocenters. The Bertz CT molecular complexity index is 583. The van der Waals surface area contributed by atoms with E-state index in [0.717, 1.165) is 12.1 Å². The minimum absolute atomic E-state index is 0.339. The highest BCUT2D eigenvalue weighted by Gasteiger charge is 2.13. The molecular formula is C15H19NO2. The Kier molecular flexibility index (Phi) is 3.41. The van der Waals surface area contributed by atoms with E-state index >= 15 is 0 Å². The molecular weight excluding hydrogens is 226 g/mol. The van der Waals surface area contributed by atoms with Crippen LogP contribution in [0.15, 0.2) is 24.4 Å². The predicted molar refractivity (Wildman–Crippen MR) is 72.9 cm³/mol. The fraction of sp³-hybridized carbons (Fsp3) is 0.400. The van der Waals surface area contributed by atoms with Crippen molar-refractivity contribution in [1.82, 2.24) is 4.57 Å². The molecule has 1 N–H and O–H groups in total. The van der Waals surface area contributed by atoms with Crippen molar-refractivity contribution in [2.24, 2.45) is 5.92 Å². The Balaban J connectivity index is 2.40. The second-order valence-electron chi connectivity index (χ2n) is 4.89. The van der Waals surface area contributed by atoms with Crippen LogP contribution in [0.1, 0.15) is 25.0 Å². The van der Waals surface area contributed by atoms with Crippen molar-refractivity contribution in [3.63, 3.8) is 0 Å². The summed E-state index contributed by atoms with van der Waals surface area (Å²) >= 11 is 0. The number of hydrogen-bond donors (Lipinski definition) is 1. The molecule has 0 saturated heterocycles.